The first-order valence-electron chi connectivity index (χ1n) is 6.84. The standard InChI is InChI=1S/C14H18F4N2O/c15-11-2-4-12(5-3-11)20-7-1-6-19(8-9-20)10-13(21)14(16,17)18/h2-5,13,21H,1,6-10H2. The third-order valence-corrected chi connectivity index (χ3v) is 3.59. The highest BCUT2D eigenvalue weighted by molar-refractivity contribution is 5.46. The average Bonchev–Trinajstić information content (AvgIpc) is 2.64. The summed E-state index contributed by atoms with van der Waals surface area (Å²) in [4.78, 5) is 3.63. The van der Waals surface area contributed by atoms with Crippen LogP contribution in [0.3, 0.4) is 0 Å². The summed E-state index contributed by atoms with van der Waals surface area (Å²) >= 11 is 0. The minimum Gasteiger partial charge on any atom is -0.382 e. The molecule has 1 aliphatic rings. The molecule has 1 fully saturated rings. The molecule has 1 saturated heterocycles. The monoisotopic (exact) mass is 306 g/mol. The van der Waals surface area contributed by atoms with Crippen molar-refractivity contribution < 1.29 is 22.7 Å². The van der Waals surface area contributed by atoms with Crippen molar-refractivity contribution in [3.8, 4) is 0 Å². The fourth-order valence-corrected chi connectivity index (χ4v) is 2.41. The Morgan fingerprint density at radius 2 is 1.71 bits per heavy atom. The number of alkyl halides is 3. The Kier molecular flexibility index (Phi) is 5.05. The molecule has 1 atom stereocenters. The van der Waals surface area contributed by atoms with Gasteiger partial charge >= 0.3 is 6.18 Å². The first-order chi connectivity index (χ1) is 9.86. The topological polar surface area (TPSA) is 26.7 Å². The number of anilines is 1. The average molecular weight is 306 g/mol. The van der Waals surface area contributed by atoms with E-state index in [9.17, 15) is 17.6 Å². The maximum Gasteiger partial charge on any atom is 0.415 e. The summed E-state index contributed by atoms with van der Waals surface area (Å²) in [6.07, 6.45) is -6.19. The Morgan fingerprint density at radius 1 is 1.05 bits per heavy atom. The molecule has 1 aliphatic heterocycles. The van der Waals surface area contributed by atoms with Gasteiger partial charge in [-0.2, -0.15) is 13.2 Å². The van der Waals surface area contributed by atoms with Crippen LogP contribution in [-0.2, 0) is 0 Å². The third-order valence-electron chi connectivity index (χ3n) is 3.59. The van der Waals surface area contributed by atoms with Crippen LogP contribution in [0.1, 0.15) is 6.42 Å². The quantitative estimate of drug-likeness (QED) is 0.868. The van der Waals surface area contributed by atoms with Gasteiger partial charge in [-0.15, -0.1) is 0 Å². The van der Waals surface area contributed by atoms with Crippen LogP contribution in [-0.4, -0.2) is 55.0 Å². The maximum atomic E-state index is 12.9. The molecule has 7 heteroatoms. The van der Waals surface area contributed by atoms with Crippen LogP contribution in [0.15, 0.2) is 24.3 Å². The zero-order chi connectivity index (χ0) is 15.5. The summed E-state index contributed by atoms with van der Waals surface area (Å²) in [6.45, 7) is 1.79. The third kappa shape index (κ3) is 4.57. The van der Waals surface area contributed by atoms with E-state index in [2.05, 4.69) is 0 Å². The van der Waals surface area contributed by atoms with Gasteiger partial charge in [0.25, 0.3) is 0 Å². The first-order valence-corrected chi connectivity index (χ1v) is 6.84. The molecular formula is C14H18F4N2O. The predicted octanol–water partition coefficient (Wildman–Crippen LogP) is 2.26. The molecule has 3 nitrogen and oxygen atoms in total. The summed E-state index contributed by atoms with van der Waals surface area (Å²) in [5.74, 6) is -0.316. The fourth-order valence-electron chi connectivity index (χ4n) is 2.41. The van der Waals surface area contributed by atoms with Crippen LogP contribution in [0.4, 0.5) is 23.2 Å². The normalized spacial score (nSPS) is 19.4. The lowest BCUT2D eigenvalue weighted by Gasteiger charge is -2.25. The Balaban J connectivity index is 1.91. The lowest BCUT2D eigenvalue weighted by atomic mass is 10.2. The van der Waals surface area contributed by atoms with E-state index in [1.54, 1.807) is 17.0 Å². The van der Waals surface area contributed by atoms with Crippen LogP contribution in [0.25, 0.3) is 0 Å². The van der Waals surface area contributed by atoms with E-state index in [-0.39, 0.29) is 5.82 Å². The number of benzene rings is 1. The van der Waals surface area contributed by atoms with Gasteiger partial charge in [-0.25, -0.2) is 4.39 Å². The maximum absolute atomic E-state index is 12.9. The SMILES string of the molecule is OC(CN1CCCN(c2ccc(F)cc2)CC1)C(F)(F)F. The van der Waals surface area contributed by atoms with Gasteiger partial charge in [0.15, 0.2) is 6.10 Å². The molecule has 0 amide bonds. The largest absolute Gasteiger partial charge is 0.415 e. The summed E-state index contributed by atoms with van der Waals surface area (Å²) in [5.41, 5.74) is 0.856. The molecule has 1 N–H and O–H groups in total. The van der Waals surface area contributed by atoms with Crippen LogP contribution in [0, 0.1) is 5.82 Å². The Labute approximate surface area is 120 Å². The molecule has 21 heavy (non-hydrogen) atoms. The lowest BCUT2D eigenvalue weighted by molar-refractivity contribution is -0.208. The van der Waals surface area contributed by atoms with Gasteiger partial charge in [-0.3, -0.25) is 4.90 Å². The van der Waals surface area contributed by atoms with E-state index in [1.165, 1.54) is 12.1 Å². The number of β-amino-alcohol motifs (C(OH)–C–C–N with tert-alkyl or cyclic N) is 1. The number of aliphatic hydroxyl groups excluding tert-OH is 1. The summed E-state index contributed by atoms with van der Waals surface area (Å²) in [7, 11) is 0. The van der Waals surface area contributed by atoms with Gasteiger partial charge in [0.1, 0.15) is 5.82 Å². The van der Waals surface area contributed by atoms with Crippen LogP contribution in [0.2, 0.25) is 0 Å². The Morgan fingerprint density at radius 3 is 2.33 bits per heavy atom. The van der Waals surface area contributed by atoms with E-state index in [1.807, 2.05) is 4.90 Å². The van der Waals surface area contributed by atoms with E-state index < -0.39 is 18.8 Å². The fraction of sp³-hybridized carbons (Fsp3) is 0.571. The summed E-state index contributed by atoms with van der Waals surface area (Å²) in [6, 6.07) is 6.06. The van der Waals surface area contributed by atoms with Crippen molar-refractivity contribution in [1.82, 2.24) is 4.90 Å². The Bertz CT molecular complexity index is 449. The molecule has 1 aromatic rings. The number of aliphatic hydroxyl groups is 1. The highest BCUT2D eigenvalue weighted by atomic mass is 19.4. The van der Waals surface area contributed by atoms with Gasteiger partial charge in [0, 0.05) is 38.4 Å². The number of hydrogen-bond donors (Lipinski definition) is 1. The minimum absolute atomic E-state index is 0.316. The van der Waals surface area contributed by atoms with E-state index >= 15 is 0 Å². The minimum atomic E-state index is -4.58. The second-order valence-corrected chi connectivity index (χ2v) is 5.18. The summed E-state index contributed by atoms with van der Waals surface area (Å²) < 4.78 is 50.0. The molecule has 0 radical (unpaired) electrons. The molecular weight excluding hydrogens is 288 g/mol. The lowest BCUT2D eigenvalue weighted by Crippen LogP contribution is -2.42. The van der Waals surface area contributed by atoms with E-state index in [4.69, 9.17) is 5.11 Å². The molecule has 1 unspecified atom stereocenters. The summed E-state index contributed by atoms with van der Waals surface area (Å²) in [5, 5.41) is 9.12. The first kappa shape index (κ1) is 16.0. The van der Waals surface area contributed by atoms with Crippen molar-refractivity contribution in [2.24, 2.45) is 0 Å². The smallest absolute Gasteiger partial charge is 0.382 e. The second-order valence-electron chi connectivity index (χ2n) is 5.18. The second kappa shape index (κ2) is 6.62. The van der Waals surface area contributed by atoms with Crippen molar-refractivity contribution in [3.05, 3.63) is 30.1 Å². The van der Waals surface area contributed by atoms with Gasteiger partial charge in [-0.1, -0.05) is 0 Å². The Hall–Kier alpha value is -1.34. The van der Waals surface area contributed by atoms with Crippen molar-refractivity contribution in [1.29, 1.82) is 0 Å². The van der Waals surface area contributed by atoms with Gasteiger partial charge in [-0.05, 0) is 30.7 Å². The van der Waals surface area contributed by atoms with Gasteiger partial charge in [0.2, 0.25) is 0 Å². The predicted molar refractivity (Wildman–Crippen MR) is 71.7 cm³/mol. The van der Waals surface area contributed by atoms with Crippen LogP contribution < -0.4 is 4.90 Å². The van der Waals surface area contributed by atoms with Crippen molar-refractivity contribution >= 4 is 5.69 Å². The van der Waals surface area contributed by atoms with Crippen LogP contribution >= 0.6 is 0 Å². The molecule has 0 aromatic heterocycles. The number of rotatable bonds is 3. The zero-order valence-corrected chi connectivity index (χ0v) is 11.5. The molecule has 0 aliphatic carbocycles. The molecule has 2 rings (SSSR count). The number of nitrogens with zero attached hydrogens (tertiary/aromatic N) is 2. The molecule has 1 aromatic carbocycles. The van der Waals surface area contributed by atoms with Crippen molar-refractivity contribution in [2.75, 3.05) is 37.6 Å². The molecule has 0 bridgehead atoms. The number of halogens is 4. The van der Waals surface area contributed by atoms with Crippen LogP contribution in [0.5, 0.6) is 0 Å². The zero-order valence-electron chi connectivity index (χ0n) is 11.5. The number of hydrogen-bond acceptors (Lipinski definition) is 3. The van der Waals surface area contributed by atoms with E-state index in [0.29, 0.717) is 32.6 Å². The molecule has 0 spiro atoms. The molecule has 118 valence electrons. The van der Waals surface area contributed by atoms with Gasteiger partial charge in [0.05, 0.1) is 0 Å². The molecule has 1 heterocycles. The van der Waals surface area contributed by atoms with Crippen molar-refractivity contribution in [3.63, 3.8) is 0 Å². The van der Waals surface area contributed by atoms with Crippen molar-refractivity contribution in [2.45, 2.75) is 18.7 Å². The molecule has 0 saturated carbocycles. The highest BCUT2D eigenvalue weighted by Crippen LogP contribution is 2.22. The van der Waals surface area contributed by atoms with E-state index in [0.717, 1.165) is 5.69 Å². The highest BCUT2D eigenvalue weighted by Gasteiger charge is 2.39. The van der Waals surface area contributed by atoms with Gasteiger partial charge < -0.3 is 10.0 Å².